The molecule has 0 spiro atoms. The maximum atomic E-state index is 12.6. The molecule has 1 unspecified atom stereocenters. The predicted molar refractivity (Wildman–Crippen MR) is 65.4 cm³/mol. The molecular weight excluding hydrogens is 239 g/mol. The Bertz CT molecular complexity index is 408. The number of nitrogens with one attached hydrogen (secondary N) is 1. The first-order valence-corrected chi connectivity index (χ1v) is 6.36. The summed E-state index contributed by atoms with van der Waals surface area (Å²) in [7, 11) is 0. The summed E-state index contributed by atoms with van der Waals surface area (Å²) in [6, 6.07) is 5.69. The van der Waals surface area contributed by atoms with Crippen molar-refractivity contribution in [3.63, 3.8) is 0 Å². The van der Waals surface area contributed by atoms with Crippen LogP contribution in [0, 0.1) is 0 Å². The quantitative estimate of drug-likeness (QED) is 0.865. The molecule has 1 aromatic rings. The van der Waals surface area contributed by atoms with Crippen LogP contribution < -0.4 is 5.32 Å². The van der Waals surface area contributed by atoms with E-state index in [-0.39, 0.29) is 5.54 Å². The lowest BCUT2D eigenvalue weighted by Gasteiger charge is -2.44. The minimum absolute atomic E-state index is 0.0268. The van der Waals surface area contributed by atoms with E-state index in [0.29, 0.717) is 6.42 Å². The normalized spacial score (nSPS) is 23.8. The van der Waals surface area contributed by atoms with E-state index in [2.05, 4.69) is 12.2 Å². The number of halogens is 3. The fourth-order valence-corrected chi connectivity index (χ4v) is 2.66. The summed E-state index contributed by atoms with van der Waals surface area (Å²) in [6.45, 7) is 3.08. The molecule has 0 saturated carbocycles. The van der Waals surface area contributed by atoms with Crippen LogP contribution in [0.5, 0.6) is 0 Å². The Morgan fingerprint density at radius 3 is 2.56 bits per heavy atom. The van der Waals surface area contributed by atoms with Gasteiger partial charge in [-0.15, -0.1) is 0 Å². The summed E-state index contributed by atoms with van der Waals surface area (Å²) >= 11 is 0. The zero-order chi connectivity index (χ0) is 13.2. The fraction of sp³-hybridized carbons (Fsp3) is 0.571. The predicted octanol–water partition coefficient (Wildman–Crippen LogP) is 3.78. The third-order valence-electron chi connectivity index (χ3n) is 3.63. The van der Waals surface area contributed by atoms with Gasteiger partial charge in [-0.1, -0.05) is 31.5 Å². The van der Waals surface area contributed by atoms with Crippen molar-refractivity contribution in [1.29, 1.82) is 0 Å². The minimum atomic E-state index is -4.25. The van der Waals surface area contributed by atoms with Crippen LogP contribution in [0.4, 0.5) is 13.2 Å². The van der Waals surface area contributed by atoms with Gasteiger partial charge in [-0.05, 0) is 37.4 Å². The molecule has 1 nitrogen and oxygen atoms in total. The first-order valence-electron chi connectivity index (χ1n) is 6.36. The summed E-state index contributed by atoms with van der Waals surface area (Å²) in [5.74, 6) is 0. The highest BCUT2D eigenvalue weighted by Crippen LogP contribution is 2.32. The molecule has 1 fully saturated rings. The van der Waals surface area contributed by atoms with Crippen LogP contribution in [0.1, 0.15) is 37.3 Å². The van der Waals surface area contributed by atoms with E-state index in [1.165, 1.54) is 12.1 Å². The Balaban J connectivity index is 2.14. The molecular formula is C14H18F3N. The van der Waals surface area contributed by atoms with E-state index < -0.39 is 11.7 Å². The molecule has 18 heavy (non-hydrogen) atoms. The molecule has 2 rings (SSSR count). The molecule has 1 aromatic carbocycles. The SMILES string of the molecule is CCCC1(Cc2cccc(C(F)(F)F)c2)CCN1. The molecule has 1 aliphatic rings. The molecule has 4 heteroatoms. The largest absolute Gasteiger partial charge is 0.416 e. The first kappa shape index (κ1) is 13.4. The smallest absolute Gasteiger partial charge is 0.311 e. The third kappa shape index (κ3) is 2.86. The zero-order valence-corrected chi connectivity index (χ0v) is 10.5. The van der Waals surface area contributed by atoms with Gasteiger partial charge in [0.05, 0.1) is 5.56 Å². The van der Waals surface area contributed by atoms with Crippen molar-refractivity contribution in [2.24, 2.45) is 0 Å². The van der Waals surface area contributed by atoms with Gasteiger partial charge in [-0.3, -0.25) is 0 Å². The monoisotopic (exact) mass is 257 g/mol. The Labute approximate surface area is 105 Å². The molecule has 0 radical (unpaired) electrons. The van der Waals surface area contributed by atoms with Gasteiger partial charge in [-0.2, -0.15) is 13.2 Å². The van der Waals surface area contributed by atoms with Crippen molar-refractivity contribution >= 4 is 0 Å². The summed E-state index contributed by atoms with van der Waals surface area (Å²) in [4.78, 5) is 0. The Morgan fingerprint density at radius 2 is 2.06 bits per heavy atom. The van der Waals surface area contributed by atoms with Gasteiger partial charge < -0.3 is 5.32 Å². The van der Waals surface area contributed by atoms with E-state index in [4.69, 9.17) is 0 Å². The highest BCUT2D eigenvalue weighted by atomic mass is 19.4. The van der Waals surface area contributed by atoms with Gasteiger partial charge in [0.2, 0.25) is 0 Å². The van der Waals surface area contributed by atoms with Gasteiger partial charge in [0.1, 0.15) is 0 Å². The van der Waals surface area contributed by atoms with Crippen LogP contribution in [-0.2, 0) is 12.6 Å². The lowest BCUT2D eigenvalue weighted by molar-refractivity contribution is -0.137. The van der Waals surface area contributed by atoms with Crippen LogP contribution in [0.15, 0.2) is 24.3 Å². The maximum Gasteiger partial charge on any atom is 0.416 e. The summed E-state index contributed by atoms with van der Waals surface area (Å²) in [6.07, 6.45) is -0.446. The van der Waals surface area contributed by atoms with Gasteiger partial charge in [-0.25, -0.2) is 0 Å². The summed E-state index contributed by atoms with van der Waals surface area (Å²) < 4.78 is 37.9. The molecule has 100 valence electrons. The van der Waals surface area contributed by atoms with E-state index in [1.807, 2.05) is 0 Å². The van der Waals surface area contributed by atoms with Crippen molar-refractivity contribution < 1.29 is 13.2 Å². The number of hydrogen-bond acceptors (Lipinski definition) is 1. The summed E-state index contributed by atoms with van der Waals surface area (Å²) in [5, 5.41) is 3.39. The van der Waals surface area contributed by atoms with Gasteiger partial charge in [0.25, 0.3) is 0 Å². The Kier molecular flexibility index (Phi) is 3.66. The molecule has 0 amide bonds. The molecule has 1 saturated heterocycles. The average molecular weight is 257 g/mol. The average Bonchev–Trinajstić information content (AvgIpc) is 2.25. The molecule has 1 N–H and O–H groups in total. The van der Waals surface area contributed by atoms with Crippen LogP contribution >= 0.6 is 0 Å². The Hall–Kier alpha value is -1.03. The lowest BCUT2D eigenvalue weighted by atomic mass is 9.78. The minimum Gasteiger partial charge on any atom is -0.311 e. The van der Waals surface area contributed by atoms with Gasteiger partial charge in [0, 0.05) is 5.54 Å². The molecule has 0 bridgehead atoms. The number of rotatable bonds is 4. The maximum absolute atomic E-state index is 12.6. The van der Waals surface area contributed by atoms with Crippen LogP contribution in [0.25, 0.3) is 0 Å². The number of hydrogen-bond donors (Lipinski definition) is 1. The second-order valence-electron chi connectivity index (χ2n) is 5.08. The standard InChI is InChI=1S/C14H18F3N/c1-2-6-13(7-8-18-13)10-11-4-3-5-12(9-11)14(15,16)17/h3-5,9,18H,2,6-8,10H2,1H3. The van der Waals surface area contributed by atoms with Gasteiger partial charge in [0.15, 0.2) is 0 Å². The topological polar surface area (TPSA) is 12.0 Å². The van der Waals surface area contributed by atoms with E-state index >= 15 is 0 Å². The second kappa shape index (κ2) is 4.92. The van der Waals surface area contributed by atoms with Crippen molar-refractivity contribution in [3.05, 3.63) is 35.4 Å². The van der Waals surface area contributed by atoms with E-state index in [9.17, 15) is 13.2 Å². The molecule has 1 atom stereocenters. The highest BCUT2D eigenvalue weighted by molar-refractivity contribution is 5.27. The van der Waals surface area contributed by atoms with Crippen molar-refractivity contribution in [2.45, 2.75) is 44.3 Å². The van der Waals surface area contributed by atoms with Gasteiger partial charge >= 0.3 is 6.18 Å². The summed E-state index contributed by atoms with van der Waals surface area (Å²) in [5.41, 5.74) is 0.246. The van der Waals surface area contributed by atoms with Crippen molar-refractivity contribution in [2.75, 3.05) is 6.54 Å². The molecule has 0 aliphatic carbocycles. The Morgan fingerprint density at radius 1 is 1.33 bits per heavy atom. The van der Waals surface area contributed by atoms with Crippen molar-refractivity contribution in [1.82, 2.24) is 5.32 Å². The number of benzene rings is 1. The van der Waals surface area contributed by atoms with Crippen LogP contribution in [-0.4, -0.2) is 12.1 Å². The fourth-order valence-electron chi connectivity index (χ4n) is 2.66. The van der Waals surface area contributed by atoms with E-state index in [1.54, 1.807) is 6.07 Å². The third-order valence-corrected chi connectivity index (χ3v) is 3.63. The van der Waals surface area contributed by atoms with E-state index in [0.717, 1.165) is 37.4 Å². The molecule has 1 heterocycles. The lowest BCUT2D eigenvalue weighted by Crippen LogP contribution is -2.58. The van der Waals surface area contributed by atoms with Crippen LogP contribution in [0.2, 0.25) is 0 Å². The number of alkyl halides is 3. The van der Waals surface area contributed by atoms with Crippen molar-refractivity contribution in [3.8, 4) is 0 Å². The van der Waals surface area contributed by atoms with Crippen LogP contribution in [0.3, 0.4) is 0 Å². The first-order chi connectivity index (χ1) is 8.45. The highest BCUT2D eigenvalue weighted by Gasteiger charge is 2.36. The molecule has 1 aliphatic heterocycles. The zero-order valence-electron chi connectivity index (χ0n) is 10.5. The second-order valence-corrected chi connectivity index (χ2v) is 5.08. The molecule has 0 aromatic heterocycles.